The summed E-state index contributed by atoms with van der Waals surface area (Å²) in [5.74, 6) is -1.93. The molecule has 22 heavy (non-hydrogen) atoms. The molecular weight excluding hydrogens is 288 g/mol. The maximum atomic E-state index is 12.1. The summed E-state index contributed by atoms with van der Waals surface area (Å²) >= 11 is 0. The minimum Gasteiger partial charge on any atom is -0.482 e. The van der Waals surface area contributed by atoms with Crippen molar-refractivity contribution >= 4 is 29.2 Å². The van der Waals surface area contributed by atoms with Crippen molar-refractivity contribution in [3.8, 4) is 5.75 Å². The molecular formula is C15H16N2O5. The molecule has 2 unspecified atom stereocenters. The van der Waals surface area contributed by atoms with Crippen LogP contribution in [0.15, 0.2) is 18.2 Å². The third kappa shape index (κ3) is 2.38. The summed E-state index contributed by atoms with van der Waals surface area (Å²) in [7, 11) is 1.64. The van der Waals surface area contributed by atoms with Crippen molar-refractivity contribution in [2.45, 2.75) is 12.8 Å². The van der Waals surface area contributed by atoms with E-state index < -0.39 is 17.8 Å². The summed E-state index contributed by atoms with van der Waals surface area (Å²) in [6.07, 6.45) is 1.11. The number of nitrogens with one attached hydrogen (secondary N) is 1. The minimum absolute atomic E-state index is 0.00241. The van der Waals surface area contributed by atoms with E-state index in [4.69, 9.17) is 9.84 Å². The van der Waals surface area contributed by atoms with Gasteiger partial charge < -0.3 is 20.1 Å². The van der Waals surface area contributed by atoms with E-state index >= 15 is 0 Å². The van der Waals surface area contributed by atoms with Crippen LogP contribution in [0.3, 0.4) is 0 Å². The van der Waals surface area contributed by atoms with Gasteiger partial charge >= 0.3 is 5.97 Å². The fourth-order valence-corrected chi connectivity index (χ4v) is 2.69. The lowest BCUT2D eigenvalue weighted by atomic mass is 9.73. The average molecular weight is 304 g/mol. The number of carboxylic acids is 1. The van der Waals surface area contributed by atoms with Crippen LogP contribution in [0, 0.1) is 11.8 Å². The first-order valence-corrected chi connectivity index (χ1v) is 7.04. The predicted molar refractivity (Wildman–Crippen MR) is 77.8 cm³/mol. The Hall–Kier alpha value is -2.57. The molecule has 0 bridgehead atoms. The number of hydrogen-bond acceptors (Lipinski definition) is 4. The Kier molecular flexibility index (Phi) is 3.48. The first-order valence-electron chi connectivity index (χ1n) is 7.04. The number of likely N-dealkylation sites (N-methyl/N-ethyl adjacent to an activating group) is 1. The summed E-state index contributed by atoms with van der Waals surface area (Å²) in [4.78, 5) is 36.2. The van der Waals surface area contributed by atoms with Crippen molar-refractivity contribution in [1.82, 2.24) is 0 Å². The highest BCUT2D eigenvalue weighted by Crippen LogP contribution is 2.37. The first-order chi connectivity index (χ1) is 10.5. The lowest BCUT2D eigenvalue weighted by Gasteiger charge is -2.32. The predicted octanol–water partition coefficient (Wildman–Crippen LogP) is 1.09. The quantitative estimate of drug-likeness (QED) is 0.871. The Balaban J connectivity index is 1.75. The Morgan fingerprint density at radius 2 is 2.05 bits per heavy atom. The molecule has 2 aliphatic rings. The first kappa shape index (κ1) is 14.4. The highest BCUT2D eigenvalue weighted by molar-refractivity contribution is 6.00. The minimum atomic E-state index is -0.935. The van der Waals surface area contributed by atoms with Crippen molar-refractivity contribution in [2.24, 2.45) is 11.8 Å². The number of carboxylic acid groups (broad SMARTS) is 1. The van der Waals surface area contributed by atoms with E-state index in [9.17, 15) is 14.4 Å². The van der Waals surface area contributed by atoms with E-state index in [-0.39, 0.29) is 18.4 Å². The smallest absolute Gasteiger partial charge is 0.307 e. The maximum absolute atomic E-state index is 12.1. The normalized spacial score (nSPS) is 23.1. The van der Waals surface area contributed by atoms with E-state index in [0.717, 1.165) is 0 Å². The van der Waals surface area contributed by atoms with E-state index in [1.807, 2.05) is 0 Å². The molecule has 3 rings (SSSR count). The molecule has 0 aromatic heterocycles. The number of aliphatic carboxylic acids is 1. The number of rotatable bonds is 3. The lowest BCUT2D eigenvalue weighted by Crippen LogP contribution is -2.41. The van der Waals surface area contributed by atoms with Gasteiger partial charge in [-0.25, -0.2) is 0 Å². The van der Waals surface area contributed by atoms with E-state index in [0.29, 0.717) is 30.0 Å². The fraction of sp³-hybridized carbons (Fsp3) is 0.400. The topological polar surface area (TPSA) is 95.9 Å². The third-order valence-electron chi connectivity index (χ3n) is 4.24. The maximum Gasteiger partial charge on any atom is 0.307 e. The number of carbonyl (C=O) groups is 3. The van der Waals surface area contributed by atoms with Crippen molar-refractivity contribution in [3.63, 3.8) is 0 Å². The van der Waals surface area contributed by atoms with Gasteiger partial charge in [-0.15, -0.1) is 0 Å². The van der Waals surface area contributed by atoms with Gasteiger partial charge in [-0.2, -0.15) is 0 Å². The van der Waals surface area contributed by atoms with Gasteiger partial charge in [0.15, 0.2) is 6.61 Å². The monoisotopic (exact) mass is 304 g/mol. The molecule has 1 aliphatic heterocycles. The van der Waals surface area contributed by atoms with Gasteiger partial charge in [-0.3, -0.25) is 14.4 Å². The van der Waals surface area contributed by atoms with Crippen LogP contribution in [0.5, 0.6) is 5.75 Å². The second-order valence-electron chi connectivity index (χ2n) is 5.54. The molecule has 116 valence electrons. The molecule has 1 aliphatic carbocycles. The Morgan fingerprint density at radius 3 is 2.68 bits per heavy atom. The Labute approximate surface area is 126 Å². The van der Waals surface area contributed by atoms with Gasteiger partial charge in [0.05, 0.1) is 17.5 Å². The van der Waals surface area contributed by atoms with Gasteiger partial charge in [-0.1, -0.05) is 0 Å². The number of hydrogen-bond donors (Lipinski definition) is 2. The summed E-state index contributed by atoms with van der Waals surface area (Å²) in [5, 5.41) is 11.7. The highest BCUT2D eigenvalue weighted by atomic mass is 16.5. The van der Waals surface area contributed by atoms with E-state index in [1.165, 1.54) is 4.90 Å². The van der Waals surface area contributed by atoms with Crippen LogP contribution >= 0.6 is 0 Å². The molecule has 1 aromatic rings. The molecule has 2 amide bonds. The van der Waals surface area contributed by atoms with E-state index in [1.54, 1.807) is 25.2 Å². The molecule has 0 radical (unpaired) electrons. The van der Waals surface area contributed by atoms with Crippen LogP contribution in [0.1, 0.15) is 12.8 Å². The van der Waals surface area contributed by atoms with Crippen LogP contribution in [-0.2, 0) is 14.4 Å². The van der Waals surface area contributed by atoms with Gasteiger partial charge in [-0.05, 0) is 31.0 Å². The van der Waals surface area contributed by atoms with Crippen LogP contribution in [0.2, 0.25) is 0 Å². The van der Waals surface area contributed by atoms with Crippen LogP contribution in [0.25, 0.3) is 0 Å². The number of amides is 2. The zero-order valence-electron chi connectivity index (χ0n) is 12.0. The van der Waals surface area contributed by atoms with Crippen molar-refractivity contribution in [3.05, 3.63) is 18.2 Å². The molecule has 1 saturated carbocycles. The standard InChI is InChI=1S/C15H16N2O5/c1-17-11-6-8(2-5-12(11)22-7-13(17)18)16-14(19)9-3-4-10(9)15(20)21/h2,5-6,9-10H,3-4,7H2,1H3,(H,16,19)(H,20,21). The summed E-state index contributed by atoms with van der Waals surface area (Å²) in [6.45, 7) is -0.00241. The second-order valence-corrected chi connectivity index (χ2v) is 5.54. The molecule has 1 fully saturated rings. The zero-order valence-corrected chi connectivity index (χ0v) is 12.0. The average Bonchev–Trinajstić information content (AvgIpc) is 2.41. The molecule has 1 heterocycles. The molecule has 0 spiro atoms. The summed E-state index contributed by atoms with van der Waals surface area (Å²) < 4.78 is 5.31. The SMILES string of the molecule is CN1C(=O)COc2ccc(NC(=O)C3CCC3C(=O)O)cc21. The largest absolute Gasteiger partial charge is 0.482 e. The molecule has 7 nitrogen and oxygen atoms in total. The fourth-order valence-electron chi connectivity index (χ4n) is 2.69. The third-order valence-corrected chi connectivity index (χ3v) is 4.24. The van der Waals surface area contributed by atoms with Crippen molar-refractivity contribution in [2.75, 3.05) is 23.9 Å². The second kappa shape index (κ2) is 5.32. The number of carbonyl (C=O) groups excluding carboxylic acids is 2. The lowest BCUT2D eigenvalue weighted by molar-refractivity contribution is -0.151. The summed E-state index contributed by atoms with van der Waals surface area (Å²) in [6, 6.07) is 5.01. The highest BCUT2D eigenvalue weighted by Gasteiger charge is 2.41. The van der Waals surface area contributed by atoms with Crippen LogP contribution in [-0.4, -0.2) is 36.5 Å². The van der Waals surface area contributed by atoms with Gasteiger partial charge in [0, 0.05) is 12.7 Å². The number of fused-ring (bicyclic) bond motifs is 1. The Bertz CT molecular complexity index is 657. The zero-order chi connectivity index (χ0) is 15.9. The van der Waals surface area contributed by atoms with Crippen molar-refractivity contribution < 1.29 is 24.2 Å². The summed E-state index contributed by atoms with van der Waals surface area (Å²) in [5.41, 5.74) is 1.10. The Morgan fingerprint density at radius 1 is 1.32 bits per heavy atom. The number of benzene rings is 1. The number of ether oxygens (including phenoxy) is 1. The van der Waals surface area contributed by atoms with Crippen molar-refractivity contribution in [1.29, 1.82) is 0 Å². The van der Waals surface area contributed by atoms with Crippen LogP contribution in [0.4, 0.5) is 11.4 Å². The number of anilines is 2. The molecule has 0 saturated heterocycles. The molecule has 1 aromatic carbocycles. The van der Waals surface area contributed by atoms with Gasteiger partial charge in [0.1, 0.15) is 5.75 Å². The van der Waals surface area contributed by atoms with Crippen LogP contribution < -0.4 is 15.0 Å². The van der Waals surface area contributed by atoms with E-state index in [2.05, 4.69) is 5.32 Å². The molecule has 2 N–H and O–H groups in total. The molecule has 7 heteroatoms. The van der Waals surface area contributed by atoms with Gasteiger partial charge in [0.25, 0.3) is 5.91 Å². The molecule has 2 atom stereocenters. The van der Waals surface area contributed by atoms with Gasteiger partial charge in [0.2, 0.25) is 5.91 Å². The number of nitrogens with zero attached hydrogens (tertiary/aromatic N) is 1.